The molecule has 2 aromatic carbocycles. The molecule has 0 saturated carbocycles. The topological polar surface area (TPSA) is 110 Å². The minimum Gasteiger partial charge on any atom is -0.322 e. The summed E-state index contributed by atoms with van der Waals surface area (Å²) in [5, 5.41) is 2.58. The number of pyridine rings is 1. The van der Waals surface area contributed by atoms with E-state index in [2.05, 4.69) is 15.0 Å². The molecule has 2 aromatic heterocycles. The first-order valence-electron chi connectivity index (χ1n) is 9.00. The third-order valence-corrected chi connectivity index (χ3v) is 5.77. The number of carbonyl (C=O) groups excluding carboxylic acids is 1. The fourth-order valence-corrected chi connectivity index (χ4v) is 3.89. The standard InChI is InChI=1S/C21H15FN4O4S/c22-14-4-10-17(11-5-14)31(29,30)25-16-8-6-15(7-9-16)24-20(27)18-13-23-19-3-1-2-12-26(19)21(18)28/h1-13,25H,(H,24,27). The van der Waals surface area contributed by atoms with E-state index in [-0.39, 0.29) is 16.1 Å². The van der Waals surface area contributed by atoms with E-state index in [1.807, 2.05) is 0 Å². The van der Waals surface area contributed by atoms with Gasteiger partial charge in [-0.05, 0) is 60.7 Å². The van der Waals surface area contributed by atoms with Crippen molar-refractivity contribution in [1.29, 1.82) is 0 Å². The van der Waals surface area contributed by atoms with Crippen molar-refractivity contribution in [2.24, 2.45) is 0 Å². The summed E-state index contributed by atoms with van der Waals surface area (Å²) in [6.45, 7) is 0. The summed E-state index contributed by atoms with van der Waals surface area (Å²) >= 11 is 0. The van der Waals surface area contributed by atoms with Crippen LogP contribution in [0.4, 0.5) is 15.8 Å². The summed E-state index contributed by atoms with van der Waals surface area (Å²) in [5.74, 6) is -1.18. The zero-order valence-electron chi connectivity index (χ0n) is 15.8. The minimum atomic E-state index is -3.89. The van der Waals surface area contributed by atoms with Crippen molar-refractivity contribution in [2.75, 3.05) is 10.0 Å². The Morgan fingerprint density at radius 3 is 2.32 bits per heavy atom. The number of anilines is 2. The fraction of sp³-hybridized carbons (Fsp3) is 0. The molecule has 0 bridgehead atoms. The van der Waals surface area contributed by atoms with Crippen molar-refractivity contribution in [2.45, 2.75) is 4.90 Å². The molecule has 0 radical (unpaired) electrons. The fourth-order valence-electron chi connectivity index (χ4n) is 2.83. The van der Waals surface area contributed by atoms with Crippen molar-refractivity contribution in [3.05, 3.63) is 101 Å². The number of fused-ring (bicyclic) bond motifs is 1. The number of benzene rings is 2. The average molecular weight is 438 g/mol. The summed E-state index contributed by atoms with van der Waals surface area (Å²) in [7, 11) is -3.89. The first kappa shape index (κ1) is 20.2. The molecule has 10 heteroatoms. The van der Waals surface area contributed by atoms with Gasteiger partial charge in [-0.1, -0.05) is 6.07 Å². The number of halogens is 1. The smallest absolute Gasteiger partial charge is 0.270 e. The molecule has 4 aromatic rings. The molecule has 0 atom stereocenters. The SMILES string of the molecule is O=C(Nc1ccc(NS(=O)(=O)c2ccc(F)cc2)cc1)c1cnc2ccccn2c1=O. The van der Waals surface area contributed by atoms with Crippen molar-refractivity contribution >= 4 is 33.0 Å². The van der Waals surface area contributed by atoms with Crippen LogP contribution in [0.25, 0.3) is 5.65 Å². The van der Waals surface area contributed by atoms with Gasteiger partial charge in [0, 0.05) is 23.8 Å². The van der Waals surface area contributed by atoms with Crippen LogP contribution in [0.1, 0.15) is 10.4 Å². The van der Waals surface area contributed by atoms with E-state index in [4.69, 9.17) is 0 Å². The number of amides is 1. The van der Waals surface area contributed by atoms with E-state index in [1.165, 1.54) is 41.1 Å². The Kier molecular flexibility index (Phi) is 5.22. The second-order valence-corrected chi connectivity index (χ2v) is 8.18. The molecule has 8 nitrogen and oxygen atoms in total. The van der Waals surface area contributed by atoms with Gasteiger partial charge < -0.3 is 5.32 Å². The van der Waals surface area contributed by atoms with Crippen LogP contribution in [-0.2, 0) is 10.0 Å². The van der Waals surface area contributed by atoms with Crippen LogP contribution in [0.5, 0.6) is 0 Å². The molecule has 0 aliphatic carbocycles. The van der Waals surface area contributed by atoms with Gasteiger partial charge in [0.15, 0.2) is 0 Å². The summed E-state index contributed by atoms with van der Waals surface area (Å²) in [6, 6.07) is 15.3. The van der Waals surface area contributed by atoms with E-state index in [0.717, 1.165) is 24.3 Å². The Morgan fingerprint density at radius 2 is 1.61 bits per heavy atom. The molecule has 0 spiro atoms. The molecule has 0 unspecified atom stereocenters. The molecule has 2 N–H and O–H groups in total. The van der Waals surface area contributed by atoms with Crippen LogP contribution in [0.2, 0.25) is 0 Å². The van der Waals surface area contributed by atoms with Crippen LogP contribution < -0.4 is 15.6 Å². The quantitative estimate of drug-likeness (QED) is 0.498. The molecule has 0 fully saturated rings. The number of hydrogen-bond acceptors (Lipinski definition) is 5. The highest BCUT2D eigenvalue weighted by molar-refractivity contribution is 7.92. The van der Waals surface area contributed by atoms with Crippen molar-refractivity contribution < 1.29 is 17.6 Å². The summed E-state index contributed by atoms with van der Waals surface area (Å²) in [4.78, 5) is 29.0. The van der Waals surface area contributed by atoms with Gasteiger partial charge in [-0.15, -0.1) is 0 Å². The molecular weight excluding hydrogens is 423 g/mol. The van der Waals surface area contributed by atoms with E-state index >= 15 is 0 Å². The number of carbonyl (C=O) groups is 1. The molecule has 0 aliphatic rings. The maximum absolute atomic E-state index is 13.0. The molecule has 4 rings (SSSR count). The van der Waals surface area contributed by atoms with Gasteiger partial charge in [-0.2, -0.15) is 0 Å². The number of rotatable bonds is 5. The van der Waals surface area contributed by atoms with E-state index in [9.17, 15) is 22.4 Å². The normalized spacial score (nSPS) is 11.3. The minimum absolute atomic E-state index is 0.0874. The van der Waals surface area contributed by atoms with Gasteiger partial charge in [0.05, 0.1) is 4.90 Å². The predicted octanol–water partition coefficient (Wildman–Crippen LogP) is 2.89. The lowest BCUT2D eigenvalue weighted by Crippen LogP contribution is -2.26. The number of sulfonamides is 1. The van der Waals surface area contributed by atoms with Crippen molar-refractivity contribution in [3.63, 3.8) is 0 Å². The molecular formula is C21H15FN4O4S. The van der Waals surface area contributed by atoms with Gasteiger partial charge in [0.2, 0.25) is 0 Å². The Hall–Kier alpha value is -4.05. The van der Waals surface area contributed by atoms with Gasteiger partial charge in [0.25, 0.3) is 21.5 Å². The van der Waals surface area contributed by atoms with E-state index in [0.29, 0.717) is 11.3 Å². The van der Waals surface area contributed by atoms with Gasteiger partial charge in [-0.3, -0.25) is 18.7 Å². The maximum atomic E-state index is 13.0. The highest BCUT2D eigenvalue weighted by Gasteiger charge is 2.15. The Labute approximate surface area is 176 Å². The van der Waals surface area contributed by atoms with Crippen LogP contribution in [0.3, 0.4) is 0 Å². The zero-order valence-corrected chi connectivity index (χ0v) is 16.6. The number of nitrogens with zero attached hydrogens (tertiary/aromatic N) is 2. The largest absolute Gasteiger partial charge is 0.322 e. The molecule has 0 aliphatic heterocycles. The third kappa shape index (κ3) is 4.28. The summed E-state index contributed by atoms with van der Waals surface area (Å²) in [5.41, 5.74) is 0.375. The highest BCUT2D eigenvalue weighted by Crippen LogP contribution is 2.19. The molecule has 1 amide bonds. The first-order valence-corrected chi connectivity index (χ1v) is 10.5. The molecule has 0 saturated heterocycles. The lowest BCUT2D eigenvalue weighted by Gasteiger charge is -2.10. The lowest BCUT2D eigenvalue weighted by molar-refractivity contribution is 0.102. The lowest BCUT2D eigenvalue weighted by atomic mass is 10.2. The third-order valence-electron chi connectivity index (χ3n) is 4.38. The van der Waals surface area contributed by atoms with Crippen LogP contribution in [0, 0.1) is 5.82 Å². The number of nitrogens with one attached hydrogen (secondary N) is 2. The summed E-state index contributed by atoms with van der Waals surface area (Å²) in [6.07, 6.45) is 2.72. The molecule has 156 valence electrons. The average Bonchev–Trinajstić information content (AvgIpc) is 2.75. The van der Waals surface area contributed by atoms with Crippen molar-refractivity contribution in [1.82, 2.24) is 9.38 Å². The van der Waals surface area contributed by atoms with Crippen LogP contribution in [0.15, 0.2) is 88.8 Å². The van der Waals surface area contributed by atoms with Crippen molar-refractivity contribution in [3.8, 4) is 0 Å². The Bertz CT molecular complexity index is 1430. The Morgan fingerprint density at radius 1 is 0.935 bits per heavy atom. The van der Waals surface area contributed by atoms with Gasteiger partial charge in [0.1, 0.15) is 17.0 Å². The molecule has 31 heavy (non-hydrogen) atoms. The van der Waals surface area contributed by atoms with E-state index < -0.39 is 27.3 Å². The predicted molar refractivity (Wildman–Crippen MR) is 113 cm³/mol. The summed E-state index contributed by atoms with van der Waals surface area (Å²) < 4.78 is 41.4. The van der Waals surface area contributed by atoms with Gasteiger partial charge in [-0.25, -0.2) is 17.8 Å². The van der Waals surface area contributed by atoms with E-state index in [1.54, 1.807) is 18.2 Å². The van der Waals surface area contributed by atoms with Crippen LogP contribution >= 0.6 is 0 Å². The number of hydrogen-bond donors (Lipinski definition) is 2. The molecule has 2 heterocycles. The Balaban J connectivity index is 1.50. The monoisotopic (exact) mass is 438 g/mol. The van der Waals surface area contributed by atoms with Gasteiger partial charge >= 0.3 is 0 Å². The first-order chi connectivity index (χ1) is 14.8. The maximum Gasteiger partial charge on any atom is 0.270 e. The second-order valence-electron chi connectivity index (χ2n) is 6.50. The zero-order chi connectivity index (χ0) is 22.0. The highest BCUT2D eigenvalue weighted by atomic mass is 32.2. The van der Waals surface area contributed by atoms with Crippen LogP contribution in [-0.4, -0.2) is 23.7 Å². The number of aromatic nitrogens is 2. The second kappa shape index (κ2) is 8.00.